The summed E-state index contributed by atoms with van der Waals surface area (Å²) < 4.78 is 55.6. The predicted molar refractivity (Wildman–Crippen MR) is 167 cm³/mol. The van der Waals surface area contributed by atoms with Crippen molar-refractivity contribution in [3.8, 4) is 5.75 Å². The average Bonchev–Trinajstić information content (AvgIpc) is 3.45. The van der Waals surface area contributed by atoms with Gasteiger partial charge in [-0.2, -0.15) is 0 Å². The molecule has 1 fully saturated rings. The summed E-state index contributed by atoms with van der Waals surface area (Å²) in [5.41, 5.74) is 3.09. The molecule has 0 radical (unpaired) electrons. The second-order valence-corrected chi connectivity index (χ2v) is 19.8. The van der Waals surface area contributed by atoms with Crippen LogP contribution in [0.3, 0.4) is 0 Å². The molecule has 2 aromatic carbocycles. The van der Waals surface area contributed by atoms with E-state index in [1.54, 1.807) is 38.5 Å². The number of hydrogen-bond acceptors (Lipinski definition) is 7. The maximum absolute atomic E-state index is 13.3. The smallest absolute Gasteiger partial charge is 0.263 e. The van der Waals surface area contributed by atoms with Crippen molar-refractivity contribution in [3.05, 3.63) is 70.8 Å². The minimum absolute atomic E-state index is 0.00197. The SMILES string of the molecule is COc1cccc2c1[C@@H]1C[C@@](C)(O[C@@]1(/C=C1/CCN=C1NS(=O)(=O)c1ccc(C)cc1)OC)[C@@H]2O[Si](C)(C)C(C)(C)C. The second kappa shape index (κ2) is 10.6. The Morgan fingerprint density at radius 2 is 1.81 bits per heavy atom. The Morgan fingerprint density at radius 3 is 2.43 bits per heavy atom. The minimum atomic E-state index is -3.82. The third-order valence-electron chi connectivity index (χ3n) is 9.42. The van der Waals surface area contributed by atoms with E-state index in [9.17, 15) is 8.42 Å². The zero-order valence-electron chi connectivity index (χ0n) is 26.2. The lowest BCUT2D eigenvalue weighted by atomic mass is 9.72. The zero-order valence-corrected chi connectivity index (χ0v) is 28.0. The predicted octanol–water partition coefficient (Wildman–Crippen LogP) is 6.39. The molecule has 0 unspecified atom stereocenters. The van der Waals surface area contributed by atoms with Crippen molar-refractivity contribution < 1.29 is 27.1 Å². The van der Waals surface area contributed by atoms with Crippen LogP contribution in [0, 0.1) is 6.92 Å². The maximum atomic E-state index is 13.3. The van der Waals surface area contributed by atoms with E-state index in [1.807, 2.05) is 25.1 Å². The monoisotopic (exact) mass is 612 g/mol. The van der Waals surface area contributed by atoms with E-state index < -0.39 is 29.7 Å². The summed E-state index contributed by atoms with van der Waals surface area (Å²) in [4.78, 5) is 4.72. The lowest BCUT2D eigenvalue weighted by Gasteiger charge is -2.45. The summed E-state index contributed by atoms with van der Waals surface area (Å²) in [5, 5.41) is 0.00197. The first kappa shape index (κ1) is 30.9. The Labute approximate surface area is 251 Å². The Bertz CT molecular complexity index is 1530. The van der Waals surface area contributed by atoms with Crippen molar-refractivity contribution in [2.75, 3.05) is 20.8 Å². The molecule has 2 aromatic rings. The third-order valence-corrected chi connectivity index (χ3v) is 15.2. The van der Waals surface area contributed by atoms with Crippen LogP contribution in [0.15, 0.2) is 64.0 Å². The van der Waals surface area contributed by atoms with Gasteiger partial charge >= 0.3 is 0 Å². The van der Waals surface area contributed by atoms with Crippen molar-refractivity contribution in [1.29, 1.82) is 0 Å². The average molecular weight is 613 g/mol. The van der Waals surface area contributed by atoms with Gasteiger partial charge in [-0.1, -0.05) is 50.6 Å². The molecule has 2 heterocycles. The van der Waals surface area contributed by atoms with Gasteiger partial charge in [0.2, 0.25) is 0 Å². The summed E-state index contributed by atoms with van der Waals surface area (Å²) in [6, 6.07) is 12.8. The number of sulfonamides is 1. The molecule has 0 aromatic heterocycles. The molecule has 1 N–H and O–H groups in total. The molecule has 1 aliphatic carbocycles. The number of ether oxygens (including phenoxy) is 3. The minimum Gasteiger partial charge on any atom is -0.496 e. The molecule has 228 valence electrons. The summed E-state index contributed by atoms with van der Waals surface area (Å²) >= 11 is 0. The Kier molecular flexibility index (Phi) is 7.80. The summed E-state index contributed by atoms with van der Waals surface area (Å²) in [6.45, 7) is 15.7. The van der Waals surface area contributed by atoms with Crippen LogP contribution in [-0.4, -0.2) is 54.7 Å². The highest BCUT2D eigenvalue weighted by Gasteiger charge is 2.63. The molecule has 0 amide bonds. The molecule has 8 nitrogen and oxygen atoms in total. The number of hydrogen-bond donors (Lipinski definition) is 1. The van der Waals surface area contributed by atoms with Gasteiger partial charge < -0.3 is 18.6 Å². The van der Waals surface area contributed by atoms with E-state index in [0.29, 0.717) is 25.2 Å². The van der Waals surface area contributed by atoms with Gasteiger partial charge in [0, 0.05) is 25.1 Å². The molecule has 0 spiro atoms. The first-order valence-electron chi connectivity index (χ1n) is 14.5. The molecule has 1 saturated heterocycles. The normalized spacial score (nSPS) is 28.5. The highest BCUT2D eigenvalue weighted by atomic mass is 32.2. The number of aryl methyl sites for hydroxylation is 1. The highest BCUT2D eigenvalue weighted by molar-refractivity contribution is 7.90. The first-order valence-corrected chi connectivity index (χ1v) is 18.9. The van der Waals surface area contributed by atoms with E-state index in [2.05, 4.69) is 56.6 Å². The molecular weight excluding hydrogens is 569 g/mol. The fraction of sp³-hybridized carbons (Fsp3) is 0.531. The first-order chi connectivity index (χ1) is 19.6. The molecule has 10 heteroatoms. The standard InChI is InChI=1S/C32H44N2O6SSi/c1-21-13-15-23(16-14-21)41(35,36)34-29-22(17-18-33-29)19-32(38-7)25-20-31(5,40-32)28(39-42(8,9)30(2,3)4)24-11-10-12-26(37-6)27(24)25/h10-16,19,25,28H,17-18,20H2,1-9H3,(H,33,34)/b22-19-/t25-,28+,31+,32+/m0/s1. The number of fused-ring (bicyclic) bond motifs is 4. The van der Waals surface area contributed by atoms with Crippen molar-refractivity contribution in [3.63, 3.8) is 0 Å². The van der Waals surface area contributed by atoms with Crippen LogP contribution in [0.2, 0.25) is 18.1 Å². The number of amidine groups is 1. The van der Waals surface area contributed by atoms with Crippen LogP contribution in [0.4, 0.5) is 0 Å². The molecule has 0 saturated carbocycles. The molecule has 2 aliphatic heterocycles. The third kappa shape index (κ3) is 5.25. The molecule has 2 bridgehead atoms. The van der Waals surface area contributed by atoms with Crippen LogP contribution in [0.1, 0.15) is 69.2 Å². The van der Waals surface area contributed by atoms with Gasteiger partial charge in [0.15, 0.2) is 14.1 Å². The van der Waals surface area contributed by atoms with Gasteiger partial charge in [-0.15, -0.1) is 0 Å². The fourth-order valence-electron chi connectivity index (χ4n) is 6.08. The number of aliphatic imine (C=N–C) groups is 1. The van der Waals surface area contributed by atoms with E-state index in [0.717, 1.165) is 28.0 Å². The van der Waals surface area contributed by atoms with E-state index in [4.69, 9.17) is 18.6 Å². The van der Waals surface area contributed by atoms with Crippen LogP contribution in [0.5, 0.6) is 5.75 Å². The fourth-order valence-corrected chi connectivity index (χ4v) is 8.46. The summed E-state index contributed by atoms with van der Waals surface area (Å²) in [5.74, 6) is -0.314. The van der Waals surface area contributed by atoms with Gasteiger partial charge in [0.25, 0.3) is 10.0 Å². The van der Waals surface area contributed by atoms with Crippen LogP contribution in [-0.2, 0) is 23.9 Å². The van der Waals surface area contributed by atoms with Gasteiger partial charge in [-0.25, -0.2) is 8.42 Å². The molecule has 42 heavy (non-hydrogen) atoms. The van der Waals surface area contributed by atoms with Gasteiger partial charge in [-0.05, 0) is 80.2 Å². The lowest BCUT2D eigenvalue weighted by Crippen LogP contribution is -2.48. The lowest BCUT2D eigenvalue weighted by molar-refractivity contribution is -0.226. The van der Waals surface area contributed by atoms with Crippen LogP contribution in [0.25, 0.3) is 0 Å². The Hall–Kier alpha value is -2.50. The van der Waals surface area contributed by atoms with E-state index in [1.165, 1.54) is 0 Å². The van der Waals surface area contributed by atoms with Gasteiger partial charge in [-0.3, -0.25) is 9.71 Å². The number of nitrogens with zero attached hydrogens (tertiary/aromatic N) is 1. The molecule has 3 aliphatic rings. The molecule has 5 rings (SSSR count). The van der Waals surface area contributed by atoms with E-state index >= 15 is 0 Å². The zero-order chi connectivity index (χ0) is 30.7. The molecule has 4 atom stereocenters. The van der Waals surface area contributed by atoms with E-state index in [-0.39, 0.29) is 22.0 Å². The Morgan fingerprint density at radius 1 is 1.12 bits per heavy atom. The van der Waals surface area contributed by atoms with Crippen molar-refractivity contribution in [1.82, 2.24) is 4.72 Å². The maximum Gasteiger partial charge on any atom is 0.263 e. The topological polar surface area (TPSA) is 95.5 Å². The second-order valence-electron chi connectivity index (χ2n) is 13.4. The van der Waals surface area contributed by atoms with Crippen molar-refractivity contribution in [2.24, 2.45) is 4.99 Å². The van der Waals surface area contributed by atoms with Crippen LogP contribution < -0.4 is 9.46 Å². The number of methoxy groups -OCH3 is 2. The van der Waals surface area contributed by atoms with Crippen LogP contribution >= 0.6 is 0 Å². The number of nitrogens with one attached hydrogen (secondary N) is 1. The summed E-state index contributed by atoms with van der Waals surface area (Å²) in [6.07, 6.45) is 2.81. The van der Waals surface area contributed by atoms with Gasteiger partial charge in [0.05, 0.1) is 23.7 Å². The van der Waals surface area contributed by atoms with Gasteiger partial charge in [0.1, 0.15) is 11.6 Å². The van der Waals surface area contributed by atoms with Crippen molar-refractivity contribution in [2.45, 2.75) is 93.9 Å². The quantitative estimate of drug-likeness (QED) is 0.364. The number of benzene rings is 2. The molecular formula is C32H44N2O6SSi. The highest BCUT2D eigenvalue weighted by Crippen LogP contribution is 2.63. The summed E-state index contributed by atoms with van der Waals surface area (Å²) in [7, 11) is -2.72. The van der Waals surface area contributed by atoms with Crippen molar-refractivity contribution >= 4 is 24.2 Å². The Balaban J connectivity index is 1.57. The number of rotatable bonds is 7. The largest absolute Gasteiger partial charge is 0.496 e.